The van der Waals surface area contributed by atoms with E-state index in [1.54, 1.807) is 7.11 Å². The number of nitrogens with one attached hydrogen (secondary N) is 3. The van der Waals surface area contributed by atoms with Crippen LogP contribution in [0.25, 0.3) is 0 Å². The third-order valence-corrected chi connectivity index (χ3v) is 11.2. The van der Waals surface area contributed by atoms with Crippen LogP contribution >= 0.6 is 0 Å². The Labute approximate surface area is 334 Å². The van der Waals surface area contributed by atoms with Gasteiger partial charge < -0.3 is 25.8 Å². The quantitative estimate of drug-likeness (QED) is 0.0462. The summed E-state index contributed by atoms with van der Waals surface area (Å²) >= 11 is 0. The van der Waals surface area contributed by atoms with Crippen LogP contribution in [0.3, 0.4) is 0 Å². The van der Waals surface area contributed by atoms with Crippen molar-refractivity contribution in [2.75, 3.05) is 33.4 Å². The maximum Gasteiger partial charge on any atom is 0.242 e. The van der Waals surface area contributed by atoms with Crippen LogP contribution in [-0.2, 0) is 19.1 Å². The maximum atomic E-state index is 13.8. The zero-order chi connectivity index (χ0) is 39.9. The predicted molar refractivity (Wildman–Crippen MR) is 229 cm³/mol. The van der Waals surface area contributed by atoms with E-state index in [-0.39, 0.29) is 42.1 Å². The molecule has 8 nitrogen and oxygen atoms in total. The van der Waals surface area contributed by atoms with E-state index in [2.05, 4.69) is 43.6 Å². The summed E-state index contributed by atoms with van der Waals surface area (Å²) in [6.07, 6.45) is 32.3. The van der Waals surface area contributed by atoms with Gasteiger partial charge in [0.2, 0.25) is 17.7 Å². The monoisotopic (exact) mass is 766 g/mol. The fraction of sp³-hybridized carbons (Fsp3) is 0.935. The molecule has 320 valence electrons. The van der Waals surface area contributed by atoms with Crippen molar-refractivity contribution in [3.8, 4) is 0 Å². The van der Waals surface area contributed by atoms with E-state index in [1.807, 2.05) is 0 Å². The van der Waals surface area contributed by atoms with Crippen LogP contribution in [0.2, 0.25) is 0 Å². The van der Waals surface area contributed by atoms with E-state index in [0.717, 1.165) is 96.3 Å². The molecule has 3 amide bonds. The summed E-state index contributed by atoms with van der Waals surface area (Å²) in [5.41, 5.74) is 0. The number of unbranched alkanes of at least 4 members (excludes halogenated alkanes) is 18. The van der Waals surface area contributed by atoms with Gasteiger partial charge in [-0.05, 0) is 57.8 Å². The molecule has 0 radical (unpaired) electrons. The minimum absolute atomic E-state index is 0.0273. The number of rotatable bonds is 41. The van der Waals surface area contributed by atoms with Gasteiger partial charge in [0.15, 0.2) is 0 Å². The van der Waals surface area contributed by atoms with Crippen LogP contribution < -0.4 is 16.0 Å². The van der Waals surface area contributed by atoms with Crippen molar-refractivity contribution >= 4 is 17.7 Å². The molecule has 54 heavy (non-hydrogen) atoms. The fourth-order valence-corrected chi connectivity index (χ4v) is 7.53. The summed E-state index contributed by atoms with van der Waals surface area (Å²) < 4.78 is 5.20. The number of hydrogen-bond acceptors (Lipinski definition) is 5. The zero-order valence-corrected chi connectivity index (χ0v) is 36.4. The van der Waals surface area contributed by atoms with Gasteiger partial charge >= 0.3 is 0 Å². The SMILES string of the molecule is CCCCCCCCC(CCCCCC)C(=O)NCCCC[C@H](NC(=O)C(CCCCCC)CCCCCCCC)C(=O)NCCCCC(CO)COC. The van der Waals surface area contributed by atoms with E-state index in [4.69, 9.17) is 4.74 Å². The molecule has 0 aliphatic carbocycles. The third-order valence-electron chi connectivity index (χ3n) is 11.2. The number of aliphatic hydroxyl groups excluding tert-OH is 1. The lowest BCUT2D eigenvalue weighted by atomic mass is 9.93. The summed E-state index contributed by atoms with van der Waals surface area (Å²) in [5, 5.41) is 19.1. The van der Waals surface area contributed by atoms with E-state index in [1.165, 1.54) is 89.9 Å². The van der Waals surface area contributed by atoms with Gasteiger partial charge in [-0.15, -0.1) is 0 Å². The molecule has 3 unspecified atom stereocenters. The summed E-state index contributed by atoms with van der Waals surface area (Å²) in [4.78, 5) is 40.6. The summed E-state index contributed by atoms with van der Waals surface area (Å²) in [6, 6.07) is -0.575. The molecule has 0 aromatic heterocycles. The van der Waals surface area contributed by atoms with Gasteiger partial charge in [-0.25, -0.2) is 0 Å². The van der Waals surface area contributed by atoms with Gasteiger partial charge in [-0.3, -0.25) is 14.4 Å². The predicted octanol–water partition coefficient (Wildman–Crippen LogP) is 11.0. The first-order chi connectivity index (χ1) is 26.4. The molecule has 8 heteroatoms. The van der Waals surface area contributed by atoms with Crippen molar-refractivity contribution in [2.24, 2.45) is 17.8 Å². The van der Waals surface area contributed by atoms with Crippen molar-refractivity contribution in [1.82, 2.24) is 16.0 Å². The first-order valence-electron chi connectivity index (χ1n) is 23.3. The molecule has 0 saturated heterocycles. The molecule has 0 aromatic rings. The van der Waals surface area contributed by atoms with Gasteiger partial charge in [0.05, 0.1) is 6.61 Å². The second-order valence-electron chi connectivity index (χ2n) is 16.3. The number of ether oxygens (including phenoxy) is 1. The highest BCUT2D eigenvalue weighted by atomic mass is 16.5. The molecule has 0 saturated carbocycles. The number of carbonyl (C=O) groups excluding carboxylic acids is 3. The number of carbonyl (C=O) groups is 3. The first-order valence-corrected chi connectivity index (χ1v) is 23.3. The number of amides is 3. The number of aliphatic hydroxyl groups is 1. The largest absolute Gasteiger partial charge is 0.396 e. The molecule has 4 N–H and O–H groups in total. The van der Waals surface area contributed by atoms with Crippen molar-refractivity contribution in [3.63, 3.8) is 0 Å². The summed E-state index contributed by atoms with van der Waals surface area (Å²) in [7, 11) is 1.65. The fourth-order valence-electron chi connectivity index (χ4n) is 7.53. The number of hydrogen-bond donors (Lipinski definition) is 4. The minimum atomic E-state index is -0.575. The van der Waals surface area contributed by atoms with E-state index < -0.39 is 6.04 Å². The third kappa shape index (κ3) is 30.5. The summed E-state index contributed by atoms with van der Waals surface area (Å²) in [6.45, 7) is 10.7. The Morgan fingerprint density at radius 1 is 0.463 bits per heavy atom. The highest BCUT2D eigenvalue weighted by Gasteiger charge is 2.25. The van der Waals surface area contributed by atoms with Gasteiger partial charge in [0.25, 0.3) is 0 Å². The Morgan fingerprint density at radius 3 is 1.28 bits per heavy atom. The second-order valence-corrected chi connectivity index (χ2v) is 16.3. The Morgan fingerprint density at radius 2 is 0.833 bits per heavy atom. The molecule has 0 rings (SSSR count). The molecule has 4 atom stereocenters. The Bertz CT molecular complexity index is 856. The van der Waals surface area contributed by atoms with Crippen molar-refractivity contribution in [3.05, 3.63) is 0 Å². The van der Waals surface area contributed by atoms with Crippen LogP contribution in [0.15, 0.2) is 0 Å². The molecular formula is C46H91N3O5. The minimum Gasteiger partial charge on any atom is -0.396 e. The highest BCUT2D eigenvalue weighted by molar-refractivity contribution is 5.88. The second kappa shape index (κ2) is 39.6. The zero-order valence-electron chi connectivity index (χ0n) is 36.4. The Hall–Kier alpha value is -1.67. The van der Waals surface area contributed by atoms with Crippen LogP contribution in [0, 0.1) is 17.8 Å². The van der Waals surface area contributed by atoms with Gasteiger partial charge in [-0.2, -0.15) is 0 Å². The Kier molecular flexibility index (Phi) is 38.3. The average molecular weight is 766 g/mol. The molecular weight excluding hydrogens is 675 g/mol. The van der Waals surface area contributed by atoms with Crippen LogP contribution in [0.1, 0.15) is 220 Å². The van der Waals surface area contributed by atoms with E-state index >= 15 is 0 Å². The average Bonchev–Trinajstić information content (AvgIpc) is 3.17. The smallest absolute Gasteiger partial charge is 0.242 e. The lowest BCUT2D eigenvalue weighted by molar-refractivity contribution is -0.131. The highest BCUT2D eigenvalue weighted by Crippen LogP contribution is 2.21. The molecule has 0 bridgehead atoms. The lowest BCUT2D eigenvalue weighted by Crippen LogP contribution is -2.48. The topological polar surface area (TPSA) is 117 Å². The standard InChI is InChI=1S/C46H91N3O5/c1-6-10-14-18-20-24-32-41(31-22-16-12-8-3)44(51)47-36-29-27-35-43(46(53)48-37-28-26-30-40(38-50)39-54-5)49-45(52)42(33-23-17-13-9-4)34-25-21-19-15-11-7-2/h40-43,50H,6-39H2,1-5H3,(H,47,51)(H,48,53)(H,49,52)/t40?,41?,42?,43-/m0/s1. The molecule has 0 fully saturated rings. The van der Waals surface area contributed by atoms with Gasteiger partial charge in [-0.1, -0.05) is 163 Å². The van der Waals surface area contributed by atoms with Crippen LogP contribution in [0.4, 0.5) is 0 Å². The van der Waals surface area contributed by atoms with Crippen molar-refractivity contribution in [1.29, 1.82) is 0 Å². The van der Waals surface area contributed by atoms with Gasteiger partial charge in [0, 0.05) is 44.6 Å². The van der Waals surface area contributed by atoms with Gasteiger partial charge in [0.1, 0.15) is 6.04 Å². The van der Waals surface area contributed by atoms with Crippen LogP contribution in [0.5, 0.6) is 0 Å². The van der Waals surface area contributed by atoms with Crippen molar-refractivity contribution < 1.29 is 24.2 Å². The molecule has 0 aliphatic rings. The molecule has 0 spiro atoms. The van der Waals surface area contributed by atoms with Crippen molar-refractivity contribution in [2.45, 2.75) is 226 Å². The molecule has 0 heterocycles. The van der Waals surface area contributed by atoms with E-state index in [0.29, 0.717) is 26.1 Å². The maximum absolute atomic E-state index is 13.8. The molecule has 0 aliphatic heterocycles. The Balaban J connectivity index is 5.31. The number of methoxy groups -OCH3 is 1. The normalized spacial score (nSPS) is 13.7. The molecule has 0 aromatic carbocycles. The first kappa shape index (κ1) is 52.3. The van der Waals surface area contributed by atoms with Crippen LogP contribution in [-0.4, -0.2) is 62.3 Å². The lowest BCUT2D eigenvalue weighted by Gasteiger charge is -2.23. The summed E-state index contributed by atoms with van der Waals surface area (Å²) in [5.74, 6) is 0.259. The van der Waals surface area contributed by atoms with E-state index in [9.17, 15) is 19.5 Å².